The van der Waals surface area contributed by atoms with Crippen LogP contribution >= 0.6 is 0 Å². The first-order valence-corrected chi connectivity index (χ1v) is 4.07. The third kappa shape index (κ3) is 2.18. The van der Waals surface area contributed by atoms with Gasteiger partial charge in [0.1, 0.15) is 12.0 Å². The Hall–Kier alpha value is -1.20. The summed E-state index contributed by atoms with van der Waals surface area (Å²) in [6.45, 7) is -0.452. The maximum absolute atomic E-state index is 12.3. The molecular weight excluding hydrogens is 197 g/mol. The Labute approximate surface area is 79.2 Å². The standard InChI is InChI=1S/C8H11F3N2O/c9-8(10,11)7(2-3-7)5-14-6(13)1-4-12/h1,4,12H,2-3,5,13H2. The number of halogens is 3. The Balaban J connectivity index is 2.46. The van der Waals surface area contributed by atoms with Crippen LogP contribution in [0.15, 0.2) is 12.0 Å². The Bertz CT molecular complexity index is 256. The molecule has 1 fully saturated rings. The molecule has 0 saturated heterocycles. The molecule has 0 atom stereocenters. The van der Waals surface area contributed by atoms with Gasteiger partial charge in [-0.1, -0.05) is 0 Å². The van der Waals surface area contributed by atoms with Gasteiger partial charge in [-0.15, -0.1) is 0 Å². The Kier molecular flexibility index (Phi) is 2.73. The zero-order valence-corrected chi connectivity index (χ0v) is 7.40. The lowest BCUT2D eigenvalue weighted by molar-refractivity contribution is -0.198. The molecule has 0 bridgehead atoms. The SMILES string of the molecule is N=CC=C(N)OCC1(C(F)(F)F)CC1. The van der Waals surface area contributed by atoms with Crippen molar-refractivity contribution in [2.45, 2.75) is 19.0 Å². The first-order chi connectivity index (χ1) is 6.41. The molecule has 80 valence electrons. The van der Waals surface area contributed by atoms with Gasteiger partial charge < -0.3 is 15.9 Å². The molecule has 0 amide bonds. The van der Waals surface area contributed by atoms with E-state index in [1.165, 1.54) is 0 Å². The van der Waals surface area contributed by atoms with Gasteiger partial charge in [0, 0.05) is 12.3 Å². The molecule has 0 spiro atoms. The number of allylic oxidation sites excluding steroid dienone is 1. The second-order valence-corrected chi connectivity index (χ2v) is 3.30. The van der Waals surface area contributed by atoms with Crippen LogP contribution in [0, 0.1) is 10.8 Å². The fourth-order valence-electron chi connectivity index (χ4n) is 1.01. The highest BCUT2D eigenvalue weighted by molar-refractivity contribution is 5.68. The molecule has 1 rings (SSSR count). The zero-order valence-electron chi connectivity index (χ0n) is 7.40. The van der Waals surface area contributed by atoms with E-state index in [1.807, 2.05) is 0 Å². The van der Waals surface area contributed by atoms with Crippen molar-refractivity contribution in [1.29, 1.82) is 5.41 Å². The topological polar surface area (TPSA) is 59.1 Å². The highest BCUT2D eigenvalue weighted by atomic mass is 19.4. The van der Waals surface area contributed by atoms with Crippen LogP contribution < -0.4 is 5.73 Å². The molecule has 0 aromatic heterocycles. The molecule has 1 aliphatic carbocycles. The van der Waals surface area contributed by atoms with Gasteiger partial charge in [-0.25, -0.2) is 0 Å². The summed E-state index contributed by atoms with van der Waals surface area (Å²) in [5.41, 5.74) is 3.48. The number of hydrogen-bond acceptors (Lipinski definition) is 3. The summed E-state index contributed by atoms with van der Waals surface area (Å²) in [7, 11) is 0. The van der Waals surface area contributed by atoms with Crippen LogP contribution in [0.3, 0.4) is 0 Å². The van der Waals surface area contributed by atoms with E-state index >= 15 is 0 Å². The van der Waals surface area contributed by atoms with E-state index in [9.17, 15) is 13.2 Å². The molecule has 6 heteroatoms. The van der Waals surface area contributed by atoms with Crippen molar-refractivity contribution in [3.8, 4) is 0 Å². The van der Waals surface area contributed by atoms with Gasteiger partial charge >= 0.3 is 6.18 Å². The summed E-state index contributed by atoms with van der Waals surface area (Å²) in [4.78, 5) is 0. The smallest absolute Gasteiger partial charge is 0.397 e. The van der Waals surface area contributed by atoms with Crippen molar-refractivity contribution < 1.29 is 17.9 Å². The highest BCUT2D eigenvalue weighted by Gasteiger charge is 2.63. The summed E-state index contributed by atoms with van der Waals surface area (Å²) in [5.74, 6) is -0.157. The van der Waals surface area contributed by atoms with E-state index in [-0.39, 0.29) is 18.7 Å². The van der Waals surface area contributed by atoms with Gasteiger partial charge in [0.2, 0.25) is 0 Å². The highest BCUT2D eigenvalue weighted by Crippen LogP contribution is 2.57. The van der Waals surface area contributed by atoms with Crippen molar-refractivity contribution in [1.82, 2.24) is 0 Å². The van der Waals surface area contributed by atoms with Crippen LogP contribution in [0.1, 0.15) is 12.8 Å². The Morgan fingerprint density at radius 2 is 2.07 bits per heavy atom. The van der Waals surface area contributed by atoms with Crippen LogP contribution in [0.4, 0.5) is 13.2 Å². The number of nitrogens with one attached hydrogen (secondary N) is 1. The van der Waals surface area contributed by atoms with Crippen molar-refractivity contribution in [2.75, 3.05) is 6.61 Å². The normalized spacial score (nSPS) is 20.4. The number of ether oxygens (including phenoxy) is 1. The van der Waals surface area contributed by atoms with Gasteiger partial charge in [-0.2, -0.15) is 13.2 Å². The van der Waals surface area contributed by atoms with Crippen LogP contribution in [-0.4, -0.2) is 19.0 Å². The summed E-state index contributed by atoms with van der Waals surface area (Å²) in [6.07, 6.45) is -2.07. The van der Waals surface area contributed by atoms with E-state index < -0.39 is 18.2 Å². The molecule has 0 aliphatic heterocycles. The number of alkyl halides is 3. The van der Waals surface area contributed by atoms with Crippen LogP contribution in [0.5, 0.6) is 0 Å². The monoisotopic (exact) mass is 208 g/mol. The van der Waals surface area contributed by atoms with Crippen molar-refractivity contribution in [3.63, 3.8) is 0 Å². The second kappa shape index (κ2) is 3.51. The summed E-state index contributed by atoms with van der Waals surface area (Å²) >= 11 is 0. The quantitative estimate of drug-likeness (QED) is 0.546. The minimum absolute atomic E-state index is 0.0916. The first kappa shape index (κ1) is 10.9. The van der Waals surface area contributed by atoms with Gasteiger partial charge in [0.05, 0.1) is 0 Å². The third-order valence-electron chi connectivity index (χ3n) is 2.22. The largest absolute Gasteiger partial charge is 0.478 e. The van der Waals surface area contributed by atoms with Gasteiger partial charge in [0.25, 0.3) is 0 Å². The molecule has 14 heavy (non-hydrogen) atoms. The van der Waals surface area contributed by atoms with Crippen molar-refractivity contribution in [3.05, 3.63) is 12.0 Å². The predicted octanol–water partition coefficient (Wildman–Crippen LogP) is 1.80. The van der Waals surface area contributed by atoms with Crippen molar-refractivity contribution >= 4 is 6.21 Å². The van der Waals surface area contributed by atoms with E-state index in [2.05, 4.69) is 0 Å². The molecule has 1 saturated carbocycles. The lowest BCUT2D eigenvalue weighted by atomic mass is 10.1. The van der Waals surface area contributed by atoms with Crippen LogP contribution in [0.25, 0.3) is 0 Å². The summed E-state index contributed by atoms with van der Waals surface area (Å²) < 4.78 is 41.7. The average Bonchev–Trinajstić information content (AvgIpc) is 2.80. The van der Waals surface area contributed by atoms with Gasteiger partial charge in [0.15, 0.2) is 5.88 Å². The fourth-order valence-corrected chi connectivity index (χ4v) is 1.01. The zero-order chi connectivity index (χ0) is 10.8. The summed E-state index contributed by atoms with van der Waals surface area (Å²) in [5, 5.41) is 6.62. The lowest BCUT2D eigenvalue weighted by Crippen LogP contribution is -2.29. The van der Waals surface area contributed by atoms with Gasteiger partial charge in [-0.05, 0) is 12.8 Å². The van der Waals surface area contributed by atoms with E-state index in [0.717, 1.165) is 12.3 Å². The number of hydrogen-bond donors (Lipinski definition) is 2. The second-order valence-electron chi connectivity index (χ2n) is 3.30. The Morgan fingerprint density at radius 3 is 2.43 bits per heavy atom. The number of rotatable bonds is 4. The minimum atomic E-state index is -4.22. The van der Waals surface area contributed by atoms with E-state index in [4.69, 9.17) is 15.9 Å². The van der Waals surface area contributed by atoms with Crippen LogP contribution in [0.2, 0.25) is 0 Å². The molecule has 0 aromatic carbocycles. The van der Waals surface area contributed by atoms with E-state index in [0.29, 0.717) is 0 Å². The molecular formula is C8H11F3N2O. The van der Waals surface area contributed by atoms with Crippen LogP contribution in [-0.2, 0) is 4.74 Å². The van der Waals surface area contributed by atoms with E-state index in [1.54, 1.807) is 0 Å². The average molecular weight is 208 g/mol. The molecule has 1 aliphatic rings. The maximum atomic E-state index is 12.3. The molecule has 3 nitrogen and oxygen atoms in total. The maximum Gasteiger partial charge on any atom is 0.397 e. The minimum Gasteiger partial charge on any atom is -0.478 e. The first-order valence-electron chi connectivity index (χ1n) is 4.07. The molecule has 0 aromatic rings. The molecule has 0 heterocycles. The molecule has 0 unspecified atom stereocenters. The number of nitrogens with two attached hydrogens (primary N) is 1. The fraction of sp³-hybridized carbons (Fsp3) is 0.625. The molecule has 3 N–H and O–H groups in total. The molecule has 0 radical (unpaired) electrons. The third-order valence-corrected chi connectivity index (χ3v) is 2.22. The van der Waals surface area contributed by atoms with Crippen molar-refractivity contribution in [2.24, 2.45) is 11.1 Å². The summed E-state index contributed by atoms with van der Waals surface area (Å²) in [6, 6.07) is 0. The lowest BCUT2D eigenvalue weighted by Gasteiger charge is -2.19. The van der Waals surface area contributed by atoms with Gasteiger partial charge in [-0.3, -0.25) is 0 Å². The Morgan fingerprint density at radius 1 is 1.50 bits per heavy atom. The predicted molar refractivity (Wildman–Crippen MR) is 44.7 cm³/mol.